The zero-order chi connectivity index (χ0) is 12.1. The molecule has 0 aliphatic heterocycles. The van der Waals surface area contributed by atoms with E-state index in [0.717, 1.165) is 28.1 Å². The van der Waals surface area contributed by atoms with Gasteiger partial charge in [0.2, 0.25) is 0 Å². The largest absolute Gasteiger partial charge is 0.329 e. The second kappa shape index (κ2) is 6.60. The Bertz CT molecular complexity index is 344. The highest BCUT2D eigenvalue weighted by Gasteiger charge is 2.16. The van der Waals surface area contributed by atoms with Gasteiger partial charge in [-0.25, -0.2) is 0 Å². The lowest BCUT2D eigenvalue weighted by molar-refractivity contribution is 0.228. The van der Waals surface area contributed by atoms with Crippen LogP contribution < -0.4 is 5.73 Å². The number of nitrogens with zero attached hydrogens (tertiary/aromatic N) is 1. The Balaban J connectivity index is 2.93. The van der Waals surface area contributed by atoms with Crippen LogP contribution in [0.3, 0.4) is 0 Å². The molecule has 1 atom stereocenters. The predicted octanol–water partition coefficient (Wildman–Crippen LogP) is 3.44. The van der Waals surface area contributed by atoms with Crippen LogP contribution in [0.4, 0.5) is 0 Å². The quantitative estimate of drug-likeness (QED) is 0.903. The second-order valence-electron chi connectivity index (χ2n) is 3.76. The molecule has 1 rings (SSSR count). The molecule has 0 saturated heterocycles. The van der Waals surface area contributed by atoms with Gasteiger partial charge in [0.1, 0.15) is 0 Å². The third-order valence-electron chi connectivity index (χ3n) is 2.78. The Labute approximate surface area is 111 Å². The van der Waals surface area contributed by atoms with Crippen LogP contribution >= 0.6 is 27.5 Å². The Morgan fingerprint density at radius 2 is 2.19 bits per heavy atom. The Hall–Kier alpha value is -0.0900. The molecule has 0 aliphatic carbocycles. The molecule has 2 N–H and O–H groups in total. The number of rotatable bonds is 5. The summed E-state index contributed by atoms with van der Waals surface area (Å²) in [7, 11) is 0. The van der Waals surface area contributed by atoms with Gasteiger partial charge in [0.05, 0.1) is 0 Å². The van der Waals surface area contributed by atoms with E-state index in [1.54, 1.807) is 0 Å². The lowest BCUT2D eigenvalue weighted by Gasteiger charge is -2.28. The molecule has 2 nitrogen and oxygen atoms in total. The molecular weight excluding hydrogens is 288 g/mol. The summed E-state index contributed by atoms with van der Waals surface area (Å²) in [6, 6.07) is 6.25. The van der Waals surface area contributed by atoms with E-state index in [2.05, 4.69) is 40.7 Å². The first-order valence-electron chi connectivity index (χ1n) is 5.49. The van der Waals surface area contributed by atoms with Gasteiger partial charge in [-0.15, -0.1) is 0 Å². The topological polar surface area (TPSA) is 29.3 Å². The fourth-order valence-electron chi connectivity index (χ4n) is 1.82. The van der Waals surface area contributed by atoms with E-state index in [4.69, 9.17) is 17.3 Å². The van der Waals surface area contributed by atoms with Gasteiger partial charge in [-0.3, -0.25) is 4.90 Å². The fourth-order valence-corrected chi connectivity index (χ4v) is 2.48. The van der Waals surface area contributed by atoms with E-state index in [0.29, 0.717) is 12.6 Å². The second-order valence-corrected chi connectivity index (χ2v) is 5.08. The van der Waals surface area contributed by atoms with Crippen LogP contribution in [0.1, 0.15) is 25.5 Å². The number of hydrogen-bond acceptors (Lipinski definition) is 2. The molecule has 0 spiro atoms. The highest BCUT2D eigenvalue weighted by atomic mass is 79.9. The smallest absolute Gasteiger partial charge is 0.0454 e. The minimum Gasteiger partial charge on any atom is -0.329 e. The van der Waals surface area contributed by atoms with E-state index in [1.165, 1.54) is 0 Å². The Morgan fingerprint density at radius 1 is 1.50 bits per heavy atom. The highest BCUT2D eigenvalue weighted by molar-refractivity contribution is 9.10. The van der Waals surface area contributed by atoms with E-state index in [9.17, 15) is 0 Å². The third kappa shape index (κ3) is 3.45. The van der Waals surface area contributed by atoms with Crippen LogP contribution in [0.25, 0.3) is 0 Å². The summed E-state index contributed by atoms with van der Waals surface area (Å²) in [5.74, 6) is 0. The molecule has 0 heterocycles. The summed E-state index contributed by atoms with van der Waals surface area (Å²) in [4.78, 5) is 2.31. The summed E-state index contributed by atoms with van der Waals surface area (Å²) < 4.78 is 1.06. The summed E-state index contributed by atoms with van der Waals surface area (Å²) in [5, 5.41) is 0.811. The minimum atomic E-state index is 0.290. The zero-order valence-corrected chi connectivity index (χ0v) is 12.1. The molecule has 0 aromatic heterocycles. The van der Waals surface area contributed by atoms with Crippen LogP contribution in [0.2, 0.25) is 5.02 Å². The first-order chi connectivity index (χ1) is 7.60. The SMILES string of the molecule is CCN(CCN)C(C)c1cc(Br)ccc1Cl. The number of benzene rings is 1. The molecular formula is C12H18BrClN2. The normalized spacial score (nSPS) is 13.1. The molecule has 90 valence electrons. The molecule has 16 heavy (non-hydrogen) atoms. The van der Waals surface area contributed by atoms with Gasteiger partial charge in [-0.05, 0) is 37.2 Å². The van der Waals surface area contributed by atoms with Crippen molar-refractivity contribution in [2.24, 2.45) is 5.73 Å². The van der Waals surface area contributed by atoms with Crippen molar-refractivity contribution < 1.29 is 0 Å². The van der Waals surface area contributed by atoms with Crippen molar-refractivity contribution in [3.8, 4) is 0 Å². The average Bonchev–Trinajstić information content (AvgIpc) is 2.28. The Kier molecular flexibility index (Phi) is 5.76. The van der Waals surface area contributed by atoms with Gasteiger partial charge >= 0.3 is 0 Å². The maximum Gasteiger partial charge on any atom is 0.0454 e. The number of hydrogen-bond donors (Lipinski definition) is 1. The van der Waals surface area contributed by atoms with Crippen LogP contribution in [-0.2, 0) is 0 Å². The van der Waals surface area contributed by atoms with Crippen molar-refractivity contribution in [2.75, 3.05) is 19.6 Å². The van der Waals surface area contributed by atoms with Gasteiger partial charge in [0.25, 0.3) is 0 Å². The van der Waals surface area contributed by atoms with E-state index in [1.807, 2.05) is 12.1 Å². The zero-order valence-electron chi connectivity index (χ0n) is 9.71. The maximum absolute atomic E-state index is 6.21. The molecule has 1 unspecified atom stereocenters. The number of halogens is 2. The standard InChI is InChI=1S/C12H18BrClN2/c1-3-16(7-6-15)9(2)11-8-10(13)4-5-12(11)14/h4-5,8-9H,3,6-7,15H2,1-2H3. The number of likely N-dealkylation sites (N-methyl/N-ethyl adjacent to an activating group) is 1. The molecule has 1 aromatic rings. The van der Waals surface area contributed by atoms with E-state index in [-0.39, 0.29) is 0 Å². The molecule has 4 heteroatoms. The van der Waals surface area contributed by atoms with Gasteiger partial charge in [-0.2, -0.15) is 0 Å². The van der Waals surface area contributed by atoms with E-state index < -0.39 is 0 Å². The van der Waals surface area contributed by atoms with Gasteiger partial charge in [0, 0.05) is 28.6 Å². The summed E-state index contributed by atoms with van der Waals surface area (Å²) in [6.07, 6.45) is 0. The molecule has 1 aromatic carbocycles. The molecule has 0 amide bonds. The van der Waals surface area contributed by atoms with Crippen molar-refractivity contribution in [2.45, 2.75) is 19.9 Å². The summed E-state index contributed by atoms with van der Waals surface area (Å²) in [6.45, 7) is 6.83. The van der Waals surface area contributed by atoms with Gasteiger partial charge < -0.3 is 5.73 Å². The third-order valence-corrected chi connectivity index (χ3v) is 3.62. The maximum atomic E-state index is 6.21. The first kappa shape index (κ1) is 14.0. The van der Waals surface area contributed by atoms with Crippen LogP contribution in [-0.4, -0.2) is 24.5 Å². The minimum absolute atomic E-state index is 0.290. The Morgan fingerprint density at radius 3 is 2.75 bits per heavy atom. The molecule has 0 aliphatic rings. The molecule has 0 bridgehead atoms. The van der Waals surface area contributed by atoms with Crippen molar-refractivity contribution in [1.29, 1.82) is 0 Å². The highest BCUT2D eigenvalue weighted by Crippen LogP contribution is 2.29. The van der Waals surface area contributed by atoms with Crippen molar-refractivity contribution in [3.63, 3.8) is 0 Å². The van der Waals surface area contributed by atoms with Crippen LogP contribution in [0.15, 0.2) is 22.7 Å². The predicted molar refractivity (Wildman–Crippen MR) is 73.9 cm³/mol. The van der Waals surface area contributed by atoms with Gasteiger partial charge in [-0.1, -0.05) is 34.5 Å². The molecule has 0 fully saturated rings. The van der Waals surface area contributed by atoms with Crippen LogP contribution in [0.5, 0.6) is 0 Å². The van der Waals surface area contributed by atoms with Crippen molar-refractivity contribution in [3.05, 3.63) is 33.3 Å². The molecule has 0 radical (unpaired) electrons. The monoisotopic (exact) mass is 304 g/mol. The fraction of sp³-hybridized carbons (Fsp3) is 0.500. The van der Waals surface area contributed by atoms with E-state index >= 15 is 0 Å². The summed E-state index contributed by atoms with van der Waals surface area (Å²) >= 11 is 9.69. The molecule has 0 saturated carbocycles. The van der Waals surface area contributed by atoms with Crippen LogP contribution in [0, 0.1) is 0 Å². The van der Waals surface area contributed by atoms with Gasteiger partial charge in [0.15, 0.2) is 0 Å². The lowest BCUT2D eigenvalue weighted by Crippen LogP contribution is -2.32. The average molecular weight is 306 g/mol. The van der Waals surface area contributed by atoms with Crippen molar-refractivity contribution >= 4 is 27.5 Å². The number of nitrogens with two attached hydrogens (primary N) is 1. The lowest BCUT2D eigenvalue weighted by atomic mass is 10.1. The summed E-state index contributed by atoms with van der Waals surface area (Å²) in [5.41, 5.74) is 6.75. The first-order valence-corrected chi connectivity index (χ1v) is 6.66. The van der Waals surface area contributed by atoms with Crippen molar-refractivity contribution in [1.82, 2.24) is 4.90 Å².